The molecule has 0 saturated carbocycles. The molecule has 0 aromatic heterocycles. The van der Waals surface area contributed by atoms with Gasteiger partial charge in [-0.15, -0.1) is 0 Å². The Morgan fingerprint density at radius 3 is 1.19 bits per heavy atom. The number of carbonyl (C=O) groups excluding carboxylic acids is 1. The van der Waals surface area contributed by atoms with Gasteiger partial charge in [0.05, 0.1) is 32.0 Å². The molecule has 0 aliphatic carbocycles. The van der Waals surface area contributed by atoms with E-state index < -0.39 is 86.8 Å². The Balaban J connectivity index is 1.61. The lowest BCUT2D eigenvalue weighted by Gasteiger charge is -2.46. The topological polar surface area (TPSA) is 228 Å². The number of rotatable bonds is 59. The van der Waals surface area contributed by atoms with E-state index in [1.807, 2.05) is 0 Å². The number of hydrogen-bond donors (Lipinski definition) is 9. The molecule has 14 nitrogen and oxygen atoms in total. The second-order valence-electron chi connectivity index (χ2n) is 25.4. The minimum absolute atomic E-state index is 0.200. The zero-order chi connectivity index (χ0) is 60.9. The standard InChI is InChI=1S/C70H133NO13/c1-3-5-7-9-11-13-15-17-19-21-22-23-24-25-26-27-28-29-30-31-32-33-34-35-36-38-40-42-44-46-48-50-52-54-62(75)71-58(59(74)53-51-49-47-45-43-41-39-37-20-18-16-14-12-10-8-6-4-2)57-81-69-67(80)65(78)68(61(56-73)83-69)84-70-66(79)64(77)63(76)60(55-72)82-70/h15,17,21-22,58-61,63-70,72-74,76-80H,3-14,16,18-20,23-57H2,1-2H3,(H,71,75)/b17-15-,22-21-. The molecular weight excluding hydrogens is 1060 g/mol. The summed E-state index contributed by atoms with van der Waals surface area (Å²) >= 11 is 0. The molecule has 9 N–H and O–H groups in total. The number of carbonyl (C=O) groups is 1. The first-order valence-corrected chi connectivity index (χ1v) is 35.6. The molecular formula is C70H133NO13. The van der Waals surface area contributed by atoms with E-state index in [1.54, 1.807) is 0 Å². The molecule has 0 radical (unpaired) electrons. The molecule has 2 aliphatic rings. The van der Waals surface area contributed by atoms with Gasteiger partial charge in [0.25, 0.3) is 0 Å². The van der Waals surface area contributed by atoms with E-state index in [4.69, 9.17) is 18.9 Å². The smallest absolute Gasteiger partial charge is 0.220 e. The predicted molar refractivity (Wildman–Crippen MR) is 342 cm³/mol. The fraction of sp³-hybridized carbons (Fsp3) is 0.929. The third kappa shape index (κ3) is 39.5. The van der Waals surface area contributed by atoms with Crippen LogP contribution >= 0.6 is 0 Å². The van der Waals surface area contributed by atoms with Gasteiger partial charge in [-0.1, -0.05) is 295 Å². The zero-order valence-electron chi connectivity index (χ0n) is 53.9. The molecule has 2 aliphatic heterocycles. The lowest BCUT2D eigenvalue weighted by atomic mass is 9.97. The number of hydrogen-bond acceptors (Lipinski definition) is 13. The zero-order valence-corrected chi connectivity index (χ0v) is 53.9. The van der Waals surface area contributed by atoms with Crippen molar-refractivity contribution < 1.29 is 64.6 Å². The SMILES string of the molecule is CCCCCCC/C=C\C/C=C\CCCCCCCCCCCCCCCCCCCCCCCC(=O)NC(COC1OC(CO)C(OC2OC(CO)C(O)C(O)C2O)C(O)C1O)C(O)CCCCCCCCCCCCCCCCCCC. The monoisotopic (exact) mass is 1200 g/mol. The van der Waals surface area contributed by atoms with Crippen LogP contribution in [0.3, 0.4) is 0 Å². The van der Waals surface area contributed by atoms with Gasteiger partial charge in [0, 0.05) is 6.42 Å². The highest BCUT2D eigenvalue weighted by Gasteiger charge is 2.51. The van der Waals surface area contributed by atoms with Crippen molar-refractivity contribution in [2.45, 2.75) is 396 Å². The molecule has 2 rings (SSSR count). The van der Waals surface area contributed by atoms with Crippen LogP contribution in [0.25, 0.3) is 0 Å². The van der Waals surface area contributed by atoms with Crippen LogP contribution in [0.1, 0.15) is 322 Å². The van der Waals surface area contributed by atoms with Gasteiger partial charge in [-0.2, -0.15) is 0 Å². The van der Waals surface area contributed by atoms with E-state index in [-0.39, 0.29) is 12.5 Å². The summed E-state index contributed by atoms with van der Waals surface area (Å²) in [5.41, 5.74) is 0. The van der Waals surface area contributed by atoms with Crippen LogP contribution in [0.15, 0.2) is 24.3 Å². The van der Waals surface area contributed by atoms with Gasteiger partial charge in [-0.3, -0.25) is 4.79 Å². The summed E-state index contributed by atoms with van der Waals surface area (Å²) in [7, 11) is 0. The lowest BCUT2D eigenvalue weighted by Crippen LogP contribution is -2.65. The van der Waals surface area contributed by atoms with Crippen LogP contribution in [0.4, 0.5) is 0 Å². The molecule has 1 amide bonds. The minimum atomic E-state index is -1.78. The third-order valence-corrected chi connectivity index (χ3v) is 17.7. The first-order valence-electron chi connectivity index (χ1n) is 35.6. The number of nitrogens with one attached hydrogen (secondary N) is 1. The Morgan fingerprint density at radius 2 is 0.786 bits per heavy atom. The maximum Gasteiger partial charge on any atom is 0.220 e. The number of amides is 1. The van der Waals surface area contributed by atoms with Crippen molar-refractivity contribution in [3.63, 3.8) is 0 Å². The predicted octanol–water partition coefficient (Wildman–Crippen LogP) is 14.3. The van der Waals surface area contributed by atoms with Crippen molar-refractivity contribution in [3.8, 4) is 0 Å². The summed E-state index contributed by atoms with van der Waals surface area (Å²) < 4.78 is 22.9. The third-order valence-electron chi connectivity index (χ3n) is 17.7. The molecule has 0 aromatic carbocycles. The summed E-state index contributed by atoms with van der Waals surface area (Å²) in [6.45, 7) is 2.90. The largest absolute Gasteiger partial charge is 0.394 e. The van der Waals surface area contributed by atoms with Crippen LogP contribution in [0, 0.1) is 0 Å². The molecule has 0 spiro atoms. The highest BCUT2D eigenvalue weighted by molar-refractivity contribution is 5.76. The van der Waals surface area contributed by atoms with E-state index in [0.29, 0.717) is 12.8 Å². The van der Waals surface area contributed by atoms with Crippen molar-refractivity contribution in [2.24, 2.45) is 0 Å². The molecule has 2 saturated heterocycles. The molecule has 0 aromatic rings. The van der Waals surface area contributed by atoms with Crippen molar-refractivity contribution in [3.05, 3.63) is 24.3 Å². The van der Waals surface area contributed by atoms with E-state index in [0.717, 1.165) is 57.8 Å². The molecule has 496 valence electrons. The average molecular weight is 1200 g/mol. The van der Waals surface area contributed by atoms with Gasteiger partial charge in [0.15, 0.2) is 12.6 Å². The van der Waals surface area contributed by atoms with Crippen molar-refractivity contribution >= 4 is 5.91 Å². The molecule has 14 heteroatoms. The Morgan fingerprint density at radius 1 is 0.429 bits per heavy atom. The van der Waals surface area contributed by atoms with E-state index in [9.17, 15) is 45.6 Å². The van der Waals surface area contributed by atoms with Gasteiger partial charge < -0.3 is 65.1 Å². The van der Waals surface area contributed by atoms with Crippen molar-refractivity contribution in [1.29, 1.82) is 0 Å². The van der Waals surface area contributed by atoms with Crippen molar-refractivity contribution in [2.75, 3.05) is 19.8 Å². The van der Waals surface area contributed by atoms with E-state index >= 15 is 0 Å². The number of aliphatic hydroxyl groups excluding tert-OH is 8. The van der Waals surface area contributed by atoms with Crippen LogP contribution in [0.5, 0.6) is 0 Å². The second-order valence-corrected chi connectivity index (χ2v) is 25.4. The fourth-order valence-corrected chi connectivity index (χ4v) is 12.0. The highest BCUT2D eigenvalue weighted by Crippen LogP contribution is 2.30. The number of unbranched alkanes of at least 4 members (excludes halogenated alkanes) is 42. The number of allylic oxidation sites excluding steroid dienone is 4. The van der Waals surface area contributed by atoms with Crippen LogP contribution in [-0.4, -0.2) is 140 Å². The number of ether oxygens (including phenoxy) is 4. The molecule has 0 bridgehead atoms. The maximum absolute atomic E-state index is 13.3. The van der Waals surface area contributed by atoms with Crippen LogP contribution in [-0.2, 0) is 23.7 Å². The molecule has 12 atom stereocenters. The van der Waals surface area contributed by atoms with Gasteiger partial charge >= 0.3 is 0 Å². The highest BCUT2D eigenvalue weighted by atomic mass is 16.7. The minimum Gasteiger partial charge on any atom is -0.394 e. The first kappa shape index (κ1) is 78.6. The van der Waals surface area contributed by atoms with E-state index in [2.05, 4.69) is 43.5 Å². The molecule has 2 fully saturated rings. The Labute approximate surface area is 513 Å². The Hall–Kier alpha value is -1.53. The van der Waals surface area contributed by atoms with E-state index in [1.165, 1.54) is 238 Å². The van der Waals surface area contributed by atoms with Gasteiger partial charge in [0.2, 0.25) is 5.91 Å². The van der Waals surface area contributed by atoms with Crippen LogP contribution in [0.2, 0.25) is 0 Å². The van der Waals surface area contributed by atoms with Gasteiger partial charge in [0.1, 0.15) is 48.8 Å². The Kier molecular flexibility index (Phi) is 51.9. The first-order chi connectivity index (χ1) is 41.1. The molecule has 84 heavy (non-hydrogen) atoms. The summed E-state index contributed by atoms with van der Waals surface area (Å²) in [5, 5.41) is 87.5. The summed E-state index contributed by atoms with van der Waals surface area (Å²) in [6.07, 6.45) is 52.0. The summed E-state index contributed by atoms with van der Waals surface area (Å²) in [5.74, 6) is -0.200. The van der Waals surface area contributed by atoms with Gasteiger partial charge in [-0.25, -0.2) is 0 Å². The molecule has 2 heterocycles. The number of aliphatic hydroxyl groups is 8. The fourth-order valence-electron chi connectivity index (χ4n) is 12.0. The normalized spacial score (nSPS) is 23.7. The second kappa shape index (κ2) is 55.5. The molecule has 12 unspecified atom stereocenters. The average Bonchev–Trinajstić information content (AvgIpc) is 3.17. The lowest BCUT2D eigenvalue weighted by molar-refractivity contribution is -0.359. The summed E-state index contributed by atoms with van der Waals surface area (Å²) in [4.78, 5) is 13.3. The van der Waals surface area contributed by atoms with Gasteiger partial charge in [-0.05, 0) is 44.9 Å². The summed E-state index contributed by atoms with van der Waals surface area (Å²) in [6, 6.07) is -0.826. The maximum atomic E-state index is 13.3. The van der Waals surface area contributed by atoms with Crippen molar-refractivity contribution in [1.82, 2.24) is 5.32 Å². The quantitative estimate of drug-likeness (QED) is 0.0204. The van der Waals surface area contributed by atoms with Crippen LogP contribution < -0.4 is 5.32 Å². The Bertz CT molecular complexity index is 1500.